The maximum atomic E-state index is 12.3. The van der Waals surface area contributed by atoms with Crippen molar-refractivity contribution < 1.29 is 23.8 Å². The number of aromatic hydroxyl groups is 1. The van der Waals surface area contributed by atoms with E-state index in [1.165, 1.54) is 0 Å². The van der Waals surface area contributed by atoms with Crippen molar-refractivity contribution in [3.05, 3.63) is 23.8 Å². The molecule has 1 aromatic rings. The van der Waals surface area contributed by atoms with Gasteiger partial charge in [0.2, 0.25) is 0 Å². The van der Waals surface area contributed by atoms with E-state index >= 15 is 0 Å². The van der Waals surface area contributed by atoms with Gasteiger partial charge in [0, 0.05) is 24.2 Å². The van der Waals surface area contributed by atoms with Crippen molar-refractivity contribution in [2.75, 3.05) is 5.73 Å². The second-order valence-corrected chi connectivity index (χ2v) is 6.30. The lowest BCUT2D eigenvalue weighted by molar-refractivity contribution is -0.138. The maximum absolute atomic E-state index is 12.3. The summed E-state index contributed by atoms with van der Waals surface area (Å²) < 4.78 is 24.5. The lowest BCUT2D eigenvalue weighted by Gasteiger charge is -2.21. The van der Waals surface area contributed by atoms with Gasteiger partial charge in [-0.25, -0.2) is 8.78 Å². The van der Waals surface area contributed by atoms with Crippen LogP contribution in [-0.2, 0) is 4.79 Å². The number of benzene rings is 1. The minimum atomic E-state index is -1.04. The number of carbonyl (C=O) groups is 1. The van der Waals surface area contributed by atoms with E-state index in [1.54, 1.807) is 0 Å². The number of phenols is 1. The molecule has 0 fully saturated rings. The van der Waals surface area contributed by atoms with Gasteiger partial charge in [-0.2, -0.15) is 0 Å². The summed E-state index contributed by atoms with van der Waals surface area (Å²) in [4.78, 5) is 10.3. The molecule has 0 bridgehead atoms. The van der Waals surface area contributed by atoms with Crippen molar-refractivity contribution in [3.63, 3.8) is 0 Å². The predicted molar refractivity (Wildman–Crippen MR) is 77.9 cm³/mol. The molecule has 1 atom stereocenters. The quantitative estimate of drug-likeness (QED) is 0.586. The van der Waals surface area contributed by atoms with Crippen molar-refractivity contribution in [1.82, 2.24) is 0 Å². The molecule has 6 heteroatoms. The average molecular weight is 303 g/mol. The average Bonchev–Trinajstić information content (AvgIpc) is 2.22. The molecule has 0 radical (unpaired) electrons. The van der Waals surface area contributed by atoms with E-state index in [0.717, 1.165) is 18.6 Å². The van der Waals surface area contributed by atoms with Crippen LogP contribution in [0.4, 0.5) is 14.5 Å². The molecule has 0 heterocycles. The Morgan fingerprint density at radius 1 is 1.29 bits per heavy atom. The molecule has 0 aliphatic heterocycles. The van der Waals surface area contributed by atoms with Crippen LogP contribution in [0.5, 0.6) is 5.75 Å². The third-order valence-corrected chi connectivity index (χ3v) is 2.52. The van der Waals surface area contributed by atoms with E-state index in [2.05, 4.69) is 20.8 Å². The normalized spacial score (nSPS) is 12.3. The molecule has 1 rings (SSSR count). The molecule has 1 aromatic carbocycles. The topological polar surface area (TPSA) is 83.5 Å². The first-order valence-corrected chi connectivity index (χ1v) is 6.57. The number of nitrogen functional groups attached to an aromatic ring is 1. The summed E-state index contributed by atoms with van der Waals surface area (Å²) in [6, 6.07) is 1.69. The van der Waals surface area contributed by atoms with Gasteiger partial charge < -0.3 is 15.9 Å². The van der Waals surface area contributed by atoms with Crippen molar-refractivity contribution in [2.45, 2.75) is 40.5 Å². The number of anilines is 1. The van der Waals surface area contributed by atoms with Gasteiger partial charge >= 0.3 is 5.97 Å². The Bertz CT molecular complexity index is 461. The Hall–Kier alpha value is -1.85. The highest BCUT2D eigenvalue weighted by atomic mass is 19.1. The molecule has 0 amide bonds. The first-order chi connectivity index (χ1) is 9.42. The molecular formula is C15H23F2NO3. The molecule has 120 valence electrons. The van der Waals surface area contributed by atoms with Crippen LogP contribution in [0.1, 0.15) is 40.5 Å². The fraction of sp³-hybridized carbons (Fsp3) is 0.533. The van der Waals surface area contributed by atoms with Crippen LogP contribution in [0.2, 0.25) is 0 Å². The van der Waals surface area contributed by atoms with E-state index in [-0.39, 0.29) is 23.4 Å². The summed E-state index contributed by atoms with van der Waals surface area (Å²) >= 11 is 0. The number of rotatable bonds is 3. The fourth-order valence-corrected chi connectivity index (χ4v) is 2.00. The second-order valence-electron chi connectivity index (χ2n) is 6.30. The summed E-state index contributed by atoms with van der Waals surface area (Å²) in [6.07, 6.45) is 1.26. The number of phenolic OH excluding ortho intramolecular Hbond substituents is 1. The van der Waals surface area contributed by atoms with Gasteiger partial charge in [-0.15, -0.1) is 0 Å². The fourth-order valence-electron chi connectivity index (χ4n) is 2.00. The van der Waals surface area contributed by atoms with E-state index in [4.69, 9.17) is 15.9 Å². The van der Waals surface area contributed by atoms with E-state index in [0.29, 0.717) is 0 Å². The van der Waals surface area contributed by atoms with Gasteiger partial charge in [0.25, 0.3) is 0 Å². The SMILES string of the molecule is CC(CC(=O)O)CC(C)(C)C.Nc1cc(F)c(O)c(F)c1. The van der Waals surface area contributed by atoms with Gasteiger partial charge in [-0.05, 0) is 17.8 Å². The Kier molecular flexibility index (Phi) is 7.12. The Balaban J connectivity index is 0.000000382. The van der Waals surface area contributed by atoms with Crippen molar-refractivity contribution >= 4 is 11.7 Å². The summed E-state index contributed by atoms with van der Waals surface area (Å²) in [5, 5.41) is 17.0. The summed E-state index contributed by atoms with van der Waals surface area (Å²) in [5.41, 5.74) is 5.23. The van der Waals surface area contributed by atoms with E-state index in [1.807, 2.05) is 6.92 Å². The number of aliphatic carboxylic acids is 1. The highest BCUT2D eigenvalue weighted by Crippen LogP contribution is 2.25. The molecule has 0 saturated carbocycles. The lowest BCUT2D eigenvalue weighted by Crippen LogP contribution is -2.13. The zero-order valence-electron chi connectivity index (χ0n) is 12.8. The molecule has 1 unspecified atom stereocenters. The van der Waals surface area contributed by atoms with Gasteiger partial charge in [0.05, 0.1) is 0 Å². The first-order valence-electron chi connectivity index (χ1n) is 6.57. The summed E-state index contributed by atoms with van der Waals surface area (Å²) in [5.74, 6) is -3.49. The molecule has 0 spiro atoms. The minimum absolute atomic E-state index is 0.0483. The van der Waals surface area contributed by atoms with Gasteiger partial charge in [-0.3, -0.25) is 4.79 Å². The monoisotopic (exact) mass is 303 g/mol. The highest BCUT2D eigenvalue weighted by molar-refractivity contribution is 5.66. The molecule has 0 saturated heterocycles. The second kappa shape index (κ2) is 7.81. The molecule has 0 aromatic heterocycles. The summed E-state index contributed by atoms with van der Waals surface area (Å²) in [6.45, 7) is 8.38. The number of nitrogens with two attached hydrogens (primary N) is 1. The number of hydrogen-bond donors (Lipinski definition) is 3. The molecule has 21 heavy (non-hydrogen) atoms. The number of carboxylic acid groups (broad SMARTS) is 1. The molecule has 4 nitrogen and oxygen atoms in total. The Morgan fingerprint density at radius 3 is 2.05 bits per heavy atom. The smallest absolute Gasteiger partial charge is 0.303 e. The first kappa shape index (κ1) is 19.1. The maximum Gasteiger partial charge on any atom is 0.303 e. The standard InChI is InChI=1S/C9H18O2.C6H5F2NO/c1-7(5-8(10)11)6-9(2,3)4;7-4-1-3(9)2-5(8)6(4)10/h7H,5-6H2,1-4H3,(H,10,11);1-2,10H,9H2. The Labute approximate surface area is 123 Å². The number of hydrogen-bond acceptors (Lipinski definition) is 3. The number of halogens is 2. The predicted octanol–water partition coefficient (Wildman–Crippen LogP) is 3.79. The lowest BCUT2D eigenvalue weighted by atomic mass is 9.84. The largest absolute Gasteiger partial charge is 0.503 e. The van der Waals surface area contributed by atoms with Gasteiger partial charge in [0.1, 0.15) is 0 Å². The van der Waals surface area contributed by atoms with Crippen LogP contribution in [0.25, 0.3) is 0 Å². The minimum Gasteiger partial charge on any atom is -0.503 e. The molecular weight excluding hydrogens is 280 g/mol. The van der Waals surface area contributed by atoms with E-state index in [9.17, 15) is 13.6 Å². The summed E-state index contributed by atoms with van der Waals surface area (Å²) in [7, 11) is 0. The molecule has 4 N–H and O–H groups in total. The van der Waals surface area contributed by atoms with Gasteiger partial charge in [-0.1, -0.05) is 27.7 Å². The van der Waals surface area contributed by atoms with Crippen LogP contribution in [0.3, 0.4) is 0 Å². The molecule has 0 aliphatic carbocycles. The third-order valence-electron chi connectivity index (χ3n) is 2.52. The van der Waals surface area contributed by atoms with Crippen LogP contribution < -0.4 is 5.73 Å². The van der Waals surface area contributed by atoms with E-state index < -0.39 is 23.4 Å². The van der Waals surface area contributed by atoms with Crippen LogP contribution in [-0.4, -0.2) is 16.2 Å². The van der Waals surface area contributed by atoms with Gasteiger partial charge in [0.15, 0.2) is 17.4 Å². The van der Waals surface area contributed by atoms with Crippen LogP contribution >= 0.6 is 0 Å². The van der Waals surface area contributed by atoms with Crippen LogP contribution in [0.15, 0.2) is 12.1 Å². The Morgan fingerprint density at radius 2 is 1.71 bits per heavy atom. The zero-order valence-corrected chi connectivity index (χ0v) is 12.8. The molecule has 0 aliphatic rings. The third kappa shape index (κ3) is 8.83. The van der Waals surface area contributed by atoms with Crippen molar-refractivity contribution in [1.29, 1.82) is 0 Å². The van der Waals surface area contributed by atoms with Crippen molar-refractivity contribution in [3.8, 4) is 5.75 Å². The van der Waals surface area contributed by atoms with Crippen molar-refractivity contribution in [2.24, 2.45) is 11.3 Å². The number of carboxylic acids is 1. The van der Waals surface area contributed by atoms with Crippen LogP contribution in [0, 0.1) is 23.0 Å². The zero-order chi connectivity index (χ0) is 16.8. The highest BCUT2D eigenvalue weighted by Gasteiger charge is 2.16.